The monoisotopic (exact) mass is 295 g/mol. The van der Waals surface area contributed by atoms with Crippen LogP contribution in [0.2, 0.25) is 5.02 Å². The van der Waals surface area contributed by atoms with Crippen molar-refractivity contribution in [3.8, 4) is 11.3 Å². The fourth-order valence-electron chi connectivity index (χ4n) is 1.74. The number of aromatic nitrogens is 3. The van der Waals surface area contributed by atoms with Crippen molar-refractivity contribution in [2.24, 2.45) is 0 Å². The number of nitrogens with zero attached hydrogens (tertiary/aromatic N) is 3. The number of carboxylic acids is 2. The van der Waals surface area contributed by atoms with Crippen molar-refractivity contribution in [2.45, 2.75) is 13.0 Å². The number of rotatable bonds is 5. The van der Waals surface area contributed by atoms with Gasteiger partial charge in [0.05, 0.1) is 18.0 Å². The molecule has 20 heavy (non-hydrogen) atoms. The quantitative estimate of drug-likeness (QED) is 0.871. The van der Waals surface area contributed by atoms with Crippen molar-refractivity contribution >= 4 is 23.5 Å². The fourth-order valence-corrected chi connectivity index (χ4v) is 1.96. The maximum Gasteiger partial charge on any atom is 0.358 e. The first-order chi connectivity index (χ1) is 9.50. The van der Waals surface area contributed by atoms with E-state index in [1.807, 2.05) is 0 Å². The third-order valence-electron chi connectivity index (χ3n) is 2.60. The molecule has 0 saturated carbocycles. The molecular weight excluding hydrogens is 286 g/mol. The summed E-state index contributed by atoms with van der Waals surface area (Å²) < 4.78 is 1.23. The molecule has 0 spiro atoms. The van der Waals surface area contributed by atoms with Crippen molar-refractivity contribution < 1.29 is 19.8 Å². The van der Waals surface area contributed by atoms with Crippen LogP contribution < -0.4 is 0 Å². The highest BCUT2D eigenvalue weighted by Gasteiger charge is 2.22. The van der Waals surface area contributed by atoms with Gasteiger partial charge in [0, 0.05) is 5.56 Å². The Morgan fingerprint density at radius 2 is 1.95 bits per heavy atom. The van der Waals surface area contributed by atoms with Gasteiger partial charge in [-0.05, 0) is 6.07 Å². The zero-order chi connectivity index (χ0) is 14.7. The molecule has 2 rings (SSSR count). The number of hydrogen-bond acceptors (Lipinski definition) is 4. The summed E-state index contributed by atoms with van der Waals surface area (Å²) in [5.74, 6) is -2.26. The smallest absolute Gasteiger partial charge is 0.358 e. The number of carboxylic acid groups (broad SMARTS) is 2. The minimum Gasteiger partial charge on any atom is -0.481 e. The van der Waals surface area contributed by atoms with Crippen molar-refractivity contribution in [3.05, 3.63) is 35.0 Å². The summed E-state index contributed by atoms with van der Waals surface area (Å²) in [6, 6.07) is 6.64. The second-order valence-corrected chi connectivity index (χ2v) is 4.35. The molecule has 8 heteroatoms. The van der Waals surface area contributed by atoms with Crippen molar-refractivity contribution in [1.82, 2.24) is 15.0 Å². The zero-order valence-corrected chi connectivity index (χ0v) is 10.9. The summed E-state index contributed by atoms with van der Waals surface area (Å²) in [5, 5.41) is 25.4. The number of benzene rings is 1. The van der Waals surface area contributed by atoms with Gasteiger partial charge >= 0.3 is 11.9 Å². The molecule has 0 radical (unpaired) electrons. The standard InChI is InChI=1S/C12H10ClN3O4/c13-8-4-2-1-3-7(8)11-10(12(19)20)14-15-16(11)6-5-9(17)18/h1-4H,5-6H2,(H,17,18)(H,19,20). The Bertz CT molecular complexity index is 668. The van der Waals surface area contributed by atoms with E-state index < -0.39 is 11.9 Å². The van der Waals surface area contributed by atoms with E-state index in [0.717, 1.165) is 0 Å². The molecule has 0 amide bonds. The van der Waals surface area contributed by atoms with Gasteiger partial charge in [-0.15, -0.1) is 5.10 Å². The maximum atomic E-state index is 11.2. The molecule has 0 unspecified atom stereocenters. The normalized spacial score (nSPS) is 10.4. The predicted molar refractivity (Wildman–Crippen MR) is 69.7 cm³/mol. The van der Waals surface area contributed by atoms with Gasteiger partial charge in [-0.2, -0.15) is 0 Å². The second kappa shape index (κ2) is 5.70. The molecule has 0 atom stereocenters. The van der Waals surface area contributed by atoms with Crippen molar-refractivity contribution in [3.63, 3.8) is 0 Å². The Kier molecular flexibility index (Phi) is 3.99. The van der Waals surface area contributed by atoms with Gasteiger partial charge in [0.2, 0.25) is 0 Å². The number of aromatic carboxylic acids is 1. The molecule has 0 aliphatic heterocycles. The van der Waals surface area contributed by atoms with Crippen molar-refractivity contribution in [2.75, 3.05) is 0 Å². The summed E-state index contributed by atoms with van der Waals surface area (Å²) in [5.41, 5.74) is 0.384. The van der Waals surface area contributed by atoms with Gasteiger partial charge < -0.3 is 10.2 Å². The Balaban J connectivity index is 2.53. The molecule has 0 saturated heterocycles. The lowest BCUT2D eigenvalue weighted by Crippen LogP contribution is -2.09. The van der Waals surface area contributed by atoms with Crippen LogP contribution >= 0.6 is 11.6 Å². The van der Waals surface area contributed by atoms with E-state index >= 15 is 0 Å². The average Bonchev–Trinajstić information content (AvgIpc) is 2.80. The lowest BCUT2D eigenvalue weighted by Gasteiger charge is -2.07. The van der Waals surface area contributed by atoms with Crippen LogP contribution in [0, 0.1) is 0 Å². The molecule has 0 aliphatic carbocycles. The number of halogens is 1. The number of aryl methyl sites for hydroxylation is 1. The summed E-state index contributed by atoms with van der Waals surface area (Å²) in [6.45, 7) is 0.0101. The Morgan fingerprint density at radius 1 is 1.25 bits per heavy atom. The SMILES string of the molecule is O=C(O)CCn1nnc(C(=O)O)c1-c1ccccc1Cl. The minimum absolute atomic E-state index is 0.0101. The average molecular weight is 296 g/mol. The molecule has 1 aromatic heterocycles. The van der Waals surface area contributed by atoms with Gasteiger partial charge in [0.15, 0.2) is 5.69 Å². The zero-order valence-electron chi connectivity index (χ0n) is 10.2. The van der Waals surface area contributed by atoms with Gasteiger partial charge in [-0.25, -0.2) is 9.48 Å². The number of carbonyl (C=O) groups is 2. The fraction of sp³-hybridized carbons (Fsp3) is 0.167. The highest BCUT2D eigenvalue weighted by Crippen LogP contribution is 2.29. The van der Waals surface area contributed by atoms with Crippen LogP contribution in [0.25, 0.3) is 11.3 Å². The third kappa shape index (κ3) is 2.77. The van der Waals surface area contributed by atoms with Crippen LogP contribution in [0.15, 0.2) is 24.3 Å². The molecule has 0 bridgehead atoms. The minimum atomic E-state index is -1.25. The molecule has 104 valence electrons. The lowest BCUT2D eigenvalue weighted by molar-refractivity contribution is -0.137. The first-order valence-electron chi connectivity index (χ1n) is 5.64. The van der Waals surface area contributed by atoms with Crippen molar-refractivity contribution in [1.29, 1.82) is 0 Å². The molecule has 2 N–H and O–H groups in total. The van der Waals surface area contributed by atoms with Gasteiger partial charge in [-0.1, -0.05) is 35.0 Å². The first kappa shape index (κ1) is 14.0. The van der Waals surface area contributed by atoms with E-state index in [1.165, 1.54) is 4.68 Å². The van der Waals surface area contributed by atoms with Crippen LogP contribution in [-0.4, -0.2) is 37.1 Å². The van der Waals surface area contributed by atoms with E-state index in [2.05, 4.69) is 10.3 Å². The number of hydrogen-bond donors (Lipinski definition) is 2. The number of aliphatic carboxylic acids is 1. The Morgan fingerprint density at radius 3 is 2.55 bits per heavy atom. The van der Waals surface area contributed by atoms with Gasteiger partial charge in [-0.3, -0.25) is 4.79 Å². The van der Waals surface area contributed by atoms with Crippen LogP contribution in [0.3, 0.4) is 0 Å². The predicted octanol–water partition coefficient (Wildman–Crippen LogP) is 1.77. The topological polar surface area (TPSA) is 105 Å². The second-order valence-electron chi connectivity index (χ2n) is 3.94. The Hall–Kier alpha value is -2.41. The summed E-state index contributed by atoms with van der Waals surface area (Å²) in [4.78, 5) is 21.8. The lowest BCUT2D eigenvalue weighted by atomic mass is 10.1. The molecule has 0 aliphatic rings. The summed E-state index contributed by atoms with van der Waals surface area (Å²) in [7, 11) is 0. The van der Waals surface area contributed by atoms with E-state index in [1.54, 1.807) is 24.3 Å². The van der Waals surface area contributed by atoms with Crippen LogP contribution in [0.4, 0.5) is 0 Å². The Labute approximate surface area is 118 Å². The van der Waals surface area contributed by atoms with E-state index in [-0.39, 0.29) is 24.4 Å². The molecule has 2 aromatic rings. The third-order valence-corrected chi connectivity index (χ3v) is 2.93. The molecule has 1 heterocycles. The van der Waals surface area contributed by atoms with E-state index in [9.17, 15) is 9.59 Å². The molecule has 7 nitrogen and oxygen atoms in total. The van der Waals surface area contributed by atoms with Crippen LogP contribution in [0.5, 0.6) is 0 Å². The summed E-state index contributed by atoms with van der Waals surface area (Å²) in [6.07, 6.45) is -0.195. The van der Waals surface area contributed by atoms with E-state index in [4.69, 9.17) is 21.8 Å². The van der Waals surface area contributed by atoms with E-state index in [0.29, 0.717) is 10.6 Å². The highest BCUT2D eigenvalue weighted by molar-refractivity contribution is 6.33. The molecule has 0 fully saturated rings. The van der Waals surface area contributed by atoms with Crippen LogP contribution in [0.1, 0.15) is 16.9 Å². The highest BCUT2D eigenvalue weighted by atomic mass is 35.5. The van der Waals surface area contributed by atoms with Gasteiger partial charge in [0.25, 0.3) is 0 Å². The van der Waals surface area contributed by atoms with Crippen LogP contribution in [-0.2, 0) is 11.3 Å². The van der Waals surface area contributed by atoms with Gasteiger partial charge in [0.1, 0.15) is 5.69 Å². The molecule has 1 aromatic carbocycles. The molecular formula is C12H10ClN3O4. The first-order valence-corrected chi connectivity index (χ1v) is 6.02. The largest absolute Gasteiger partial charge is 0.481 e. The maximum absolute atomic E-state index is 11.2. The summed E-state index contributed by atoms with van der Waals surface area (Å²) >= 11 is 6.05.